The van der Waals surface area contributed by atoms with Crippen molar-refractivity contribution in [3.05, 3.63) is 41.6 Å². The number of carbonyl (C=O) groups is 1. The van der Waals surface area contributed by atoms with Gasteiger partial charge in [-0.15, -0.1) is 12.4 Å². The summed E-state index contributed by atoms with van der Waals surface area (Å²) in [5, 5.41) is 9.45. The van der Waals surface area contributed by atoms with Crippen LogP contribution in [0.2, 0.25) is 0 Å². The van der Waals surface area contributed by atoms with Gasteiger partial charge in [0, 0.05) is 26.2 Å². The monoisotopic (exact) mass is 328 g/mol. The van der Waals surface area contributed by atoms with E-state index in [0.29, 0.717) is 26.2 Å². The number of aromatic amines is 1. The van der Waals surface area contributed by atoms with Gasteiger partial charge in [-0.2, -0.15) is 5.10 Å². The van der Waals surface area contributed by atoms with Crippen LogP contribution in [-0.4, -0.2) is 47.2 Å². The second-order valence-corrected chi connectivity index (χ2v) is 4.80. The van der Waals surface area contributed by atoms with Gasteiger partial charge < -0.3 is 10.2 Å². The lowest BCUT2D eigenvalue weighted by Crippen LogP contribution is -2.46. The van der Waals surface area contributed by atoms with Crippen LogP contribution < -0.4 is 5.32 Å². The second kappa shape index (κ2) is 6.85. The number of carbonyl (C=O) groups excluding carboxylic acids is 1. The number of nitrogens with one attached hydrogen (secondary N) is 2. The first-order chi connectivity index (χ1) is 10.2. The van der Waals surface area contributed by atoms with Gasteiger partial charge in [-0.05, 0) is 12.1 Å². The van der Waals surface area contributed by atoms with Crippen LogP contribution in [0.1, 0.15) is 10.4 Å². The Hall–Kier alpha value is -1.99. The zero-order valence-corrected chi connectivity index (χ0v) is 12.4. The molecule has 1 saturated heterocycles. The quantitative estimate of drug-likeness (QED) is 0.884. The van der Waals surface area contributed by atoms with Gasteiger partial charge >= 0.3 is 0 Å². The highest BCUT2D eigenvalue weighted by atomic mass is 35.5. The van der Waals surface area contributed by atoms with Gasteiger partial charge in [0.2, 0.25) is 0 Å². The van der Waals surface area contributed by atoms with E-state index >= 15 is 0 Å². The third-order valence-electron chi connectivity index (χ3n) is 3.49. The van der Waals surface area contributed by atoms with Crippen molar-refractivity contribution in [2.24, 2.45) is 0 Å². The zero-order valence-electron chi connectivity index (χ0n) is 11.6. The summed E-state index contributed by atoms with van der Waals surface area (Å²) in [6.45, 7) is 2.52. The Morgan fingerprint density at radius 2 is 1.82 bits per heavy atom. The summed E-state index contributed by atoms with van der Waals surface area (Å²) in [5.74, 6) is -1.73. The van der Waals surface area contributed by atoms with Crippen LogP contribution in [0.5, 0.6) is 0 Å². The fraction of sp³-hybridized carbons (Fsp3) is 0.286. The number of hydrogen-bond donors (Lipinski definition) is 2. The first-order valence-corrected chi connectivity index (χ1v) is 6.66. The van der Waals surface area contributed by atoms with Crippen LogP contribution >= 0.6 is 12.4 Å². The highest BCUT2D eigenvalue weighted by Gasteiger charge is 2.25. The number of nitrogens with zero attached hydrogens (tertiary/aromatic N) is 2. The molecule has 1 aliphatic rings. The van der Waals surface area contributed by atoms with Crippen LogP contribution in [0.3, 0.4) is 0 Å². The summed E-state index contributed by atoms with van der Waals surface area (Å²) in [7, 11) is 0. The normalized spacial score (nSPS) is 14.5. The Morgan fingerprint density at radius 1 is 1.18 bits per heavy atom. The molecule has 1 aliphatic heterocycles. The molecule has 2 N–H and O–H groups in total. The lowest BCUT2D eigenvalue weighted by molar-refractivity contribution is 0.0736. The summed E-state index contributed by atoms with van der Waals surface area (Å²) >= 11 is 0. The van der Waals surface area contributed by atoms with Gasteiger partial charge in [-0.3, -0.25) is 9.89 Å². The maximum Gasteiger partial charge on any atom is 0.257 e. The summed E-state index contributed by atoms with van der Waals surface area (Å²) < 4.78 is 27.8. The number of amides is 1. The maximum atomic E-state index is 13.9. The first kappa shape index (κ1) is 16.4. The summed E-state index contributed by atoms with van der Waals surface area (Å²) in [6.07, 6.45) is 1.31. The molecule has 22 heavy (non-hydrogen) atoms. The molecule has 1 aromatic carbocycles. The Bertz CT molecular complexity index is 650. The van der Waals surface area contributed by atoms with E-state index in [9.17, 15) is 13.6 Å². The average Bonchev–Trinajstić information content (AvgIpc) is 2.96. The number of halogens is 3. The van der Waals surface area contributed by atoms with Crippen molar-refractivity contribution >= 4 is 18.3 Å². The molecular formula is C14H15ClF2N4O. The molecule has 1 fully saturated rings. The van der Waals surface area contributed by atoms with E-state index in [2.05, 4.69) is 15.5 Å². The van der Waals surface area contributed by atoms with Crippen LogP contribution in [0, 0.1) is 11.6 Å². The molecule has 1 aromatic heterocycles. The Kier molecular flexibility index (Phi) is 5.10. The van der Waals surface area contributed by atoms with Crippen LogP contribution in [0.15, 0.2) is 24.4 Å². The van der Waals surface area contributed by atoms with Crippen molar-refractivity contribution in [3.63, 3.8) is 0 Å². The largest absolute Gasteiger partial charge is 0.336 e. The number of aromatic nitrogens is 2. The third kappa shape index (κ3) is 2.95. The molecule has 1 amide bonds. The van der Waals surface area contributed by atoms with Crippen LogP contribution in [0.4, 0.5) is 8.78 Å². The summed E-state index contributed by atoms with van der Waals surface area (Å²) in [5.41, 5.74) is 0.00326. The average molecular weight is 329 g/mol. The highest BCUT2D eigenvalue weighted by Crippen LogP contribution is 2.27. The minimum Gasteiger partial charge on any atom is -0.336 e. The first-order valence-electron chi connectivity index (χ1n) is 6.66. The van der Waals surface area contributed by atoms with E-state index in [1.807, 2.05) is 0 Å². The van der Waals surface area contributed by atoms with E-state index < -0.39 is 11.6 Å². The van der Waals surface area contributed by atoms with E-state index in [-0.39, 0.29) is 35.1 Å². The molecule has 0 bridgehead atoms. The Morgan fingerprint density at radius 3 is 2.45 bits per heavy atom. The fourth-order valence-electron chi connectivity index (χ4n) is 2.41. The van der Waals surface area contributed by atoms with Crippen molar-refractivity contribution in [2.45, 2.75) is 0 Å². The molecule has 8 heteroatoms. The zero-order chi connectivity index (χ0) is 14.8. The van der Waals surface area contributed by atoms with Crippen molar-refractivity contribution in [1.82, 2.24) is 20.4 Å². The molecule has 0 radical (unpaired) electrons. The molecule has 118 valence electrons. The maximum absolute atomic E-state index is 13.9. The minimum absolute atomic E-state index is 0. The van der Waals surface area contributed by atoms with Gasteiger partial charge in [0.1, 0.15) is 11.6 Å². The SMILES string of the molecule is Cl.O=C(c1cn[nH]c1-c1c(F)cccc1F)N1CCNCC1. The molecule has 0 saturated carbocycles. The number of benzene rings is 1. The highest BCUT2D eigenvalue weighted by molar-refractivity contribution is 5.99. The van der Waals surface area contributed by atoms with Crippen molar-refractivity contribution in [3.8, 4) is 11.3 Å². The third-order valence-corrected chi connectivity index (χ3v) is 3.49. The van der Waals surface area contributed by atoms with Crippen molar-refractivity contribution in [1.29, 1.82) is 0 Å². The van der Waals surface area contributed by atoms with Gasteiger partial charge in [0.05, 0.1) is 23.0 Å². The smallest absolute Gasteiger partial charge is 0.257 e. The molecule has 5 nitrogen and oxygen atoms in total. The summed E-state index contributed by atoms with van der Waals surface area (Å²) in [6, 6.07) is 3.58. The van der Waals surface area contributed by atoms with Gasteiger partial charge in [-0.1, -0.05) is 6.07 Å². The van der Waals surface area contributed by atoms with Crippen molar-refractivity contribution in [2.75, 3.05) is 26.2 Å². The molecule has 0 spiro atoms. The number of hydrogen-bond acceptors (Lipinski definition) is 3. The van der Waals surface area contributed by atoms with Crippen LogP contribution in [-0.2, 0) is 0 Å². The number of piperazine rings is 1. The number of H-pyrrole nitrogens is 1. The van der Waals surface area contributed by atoms with Gasteiger partial charge in [-0.25, -0.2) is 8.78 Å². The molecule has 0 unspecified atom stereocenters. The van der Waals surface area contributed by atoms with Crippen molar-refractivity contribution < 1.29 is 13.6 Å². The van der Waals surface area contributed by atoms with E-state index in [1.54, 1.807) is 4.90 Å². The van der Waals surface area contributed by atoms with Gasteiger partial charge in [0.15, 0.2) is 0 Å². The Labute approximate surface area is 132 Å². The number of rotatable bonds is 2. The van der Waals surface area contributed by atoms with E-state index in [4.69, 9.17) is 0 Å². The molecule has 0 aliphatic carbocycles. The molecular weight excluding hydrogens is 314 g/mol. The fourth-order valence-corrected chi connectivity index (χ4v) is 2.41. The van der Waals surface area contributed by atoms with E-state index in [1.165, 1.54) is 12.3 Å². The second-order valence-electron chi connectivity index (χ2n) is 4.80. The predicted octanol–water partition coefficient (Wildman–Crippen LogP) is 1.82. The topological polar surface area (TPSA) is 61.0 Å². The molecule has 2 heterocycles. The van der Waals surface area contributed by atoms with Crippen LogP contribution in [0.25, 0.3) is 11.3 Å². The molecule has 0 atom stereocenters. The molecule has 2 aromatic rings. The standard InChI is InChI=1S/C14H14F2N4O.ClH/c15-10-2-1-3-11(16)12(10)13-9(8-18-19-13)14(21)20-6-4-17-5-7-20;/h1-3,8,17H,4-7H2,(H,18,19);1H. The Balaban J connectivity index is 0.00000176. The van der Waals surface area contributed by atoms with E-state index in [0.717, 1.165) is 12.1 Å². The molecule has 3 rings (SSSR count). The summed E-state index contributed by atoms with van der Waals surface area (Å²) in [4.78, 5) is 14.1. The minimum atomic E-state index is -0.728. The predicted molar refractivity (Wildman–Crippen MR) is 80.0 cm³/mol. The lowest BCUT2D eigenvalue weighted by Gasteiger charge is -2.27. The lowest BCUT2D eigenvalue weighted by atomic mass is 10.1. The van der Waals surface area contributed by atoms with Gasteiger partial charge in [0.25, 0.3) is 5.91 Å².